The maximum absolute atomic E-state index is 12.9. The second kappa shape index (κ2) is 8.00. The Morgan fingerprint density at radius 1 is 0.929 bits per heavy atom. The number of nitrogens with one attached hydrogen (secondary N) is 1. The lowest BCUT2D eigenvalue weighted by molar-refractivity contribution is -0.132. The molecule has 2 aromatic carbocycles. The number of halogens is 1. The molecule has 4 rings (SSSR count). The molecule has 2 amide bonds. The van der Waals surface area contributed by atoms with Gasteiger partial charge in [-0.25, -0.2) is 4.39 Å². The Hall–Kier alpha value is -2.89. The first kappa shape index (κ1) is 18.5. The summed E-state index contributed by atoms with van der Waals surface area (Å²) >= 11 is 0. The van der Waals surface area contributed by atoms with E-state index in [2.05, 4.69) is 10.2 Å². The zero-order valence-corrected chi connectivity index (χ0v) is 15.7. The lowest BCUT2D eigenvalue weighted by atomic mass is 10.1. The molecule has 1 saturated carbocycles. The van der Waals surface area contributed by atoms with Gasteiger partial charge in [0.05, 0.1) is 0 Å². The first-order valence-electron chi connectivity index (χ1n) is 9.76. The summed E-state index contributed by atoms with van der Waals surface area (Å²) in [6.45, 7) is 3.51. The summed E-state index contributed by atoms with van der Waals surface area (Å²) in [5.41, 5.74) is 2.51. The van der Waals surface area contributed by atoms with E-state index < -0.39 is 0 Å². The molecule has 1 N–H and O–H groups in total. The predicted molar refractivity (Wildman–Crippen MR) is 106 cm³/mol. The number of rotatable bonds is 5. The Bertz CT molecular complexity index is 839. The minimum atomic E-state index is -0.289. The van der Waals surface area contributed by atoms with Crippen LogP contribution >= 0.6 is 0 Å². The highest BCUT2D eigenvalue weighted by molar-refractivity contribution is 5.94. The first-order valence-corrected chi connectivity index (χ1v) is 9.76. The summed E-state index contributed by atoms with van der Waals surface area (Å²) in [5.74, 6) is 0.145. The molecule has 2 aliphatic rings. The molecular weight excluding hydrogens is 357 g/mol. The van der Waals surface area contributed by atoms with E-state index in [0.29, 0.717) is 18.0 Å². The number of benzene rings is 2. The summed E-state index contributed by atoms with van der Waals surface area (Å²) in [7, 11) is 0. The molecule has 6 heteroatoms. The van der Waals surface area contributed by atoms with Crippen molar-refractivity contribution in [3.63, 3.8) is 0 Å². The number of amides is 2. The lowest BCUT2D eigenvalue weighted by Gasteiger charge is -2.36. The van der Waals surface area contributed by atoms with Gasteiger partial charge in [-0.3, -0.25) is 9.59 Å². The normalized spacial score (nSPS) is 16.8. The highest BCUT2D eigenvalue weighted by Crippen LogP contribution is 2.31. The number of piperazine rings is 1. The predicted octanol–water partition coefficient (Wildman–Crippen LogP) is 2.81. The number of anilines is 1. The number of hydrogen-bond acceptors (Lipinski definition) is 3. The molecule has 1 aliphatic heterocycles. The average molecular weight is 381 g/mol. The van der Waals surface area contributed by atoms with Crippen LogP contribution in [0.1, 0.15) is 28.8 Å². The van der Waals surface area contributed by atoms with E-state index in [1.54, 1.807) is 12.1 Å². The van der Waals surface area contributed by atoms with Gasteiger partial charge in [0.25, 0.3) is 5.91 Å². The van der Waals surface area contributed by atoms with Gasteiger partial charge in [-0.15, -0.1) is 0 Å². The molecule has 2 fully saturated rings. The van der Waals surface area contributed by atoms with Gasteiger partial charge in [0.2, 0.25) is 5.91 Å². The summed E-state index contributed by atoms with van der Waals surface area (Å²) in [5, 5.41) is 2.85. The molecule has 0 aromatic heterocycles. The molecule has 0 spiro atoms. The smallest absolute Gasteiger partial charge is 0.251 e. The fourth-order valence-electron chi connectivity index (χ4n) is 3.48. The summed E-state index contributed by atoms with van der Waals surface area (Å²) in [4.78, 5) is 28.7. The third kappa shape index (κ3) is 4.32. The van der Waals surface area contributed by atoms with Gasteiger partial charge in [0.1, 0.15) is 5.82 Å². The molecule has 1 heterocycles. The van der Waals surface area contributed by atoms with Gasteiger partial charge in [-0.2, -0.15) is 0 Å². The van der Waals surface area contributed by atoms with Crippen LogP contribution < -0.4 is 10.2 Å². The van der Waals surface area contributed by atoms with Crippen molar-refractivity contribution in [2.75, 3.05) is 31.1 Å². The second-order valence-corrected chi connectivity index (χ2v) is 7.44. The molecule has 28 heavy (non-hydrogen) atoms. The fourth-order valence-corrected chi connectivity index (χ4v) is 3.48. The van der Waals surface area contributed by atoms with E-state index in [0.717, 1.165) is 50.3 Å². The van der Waals surface area contributed by atoms with E-state index in [9.17, 15) is 14.0 Å². The minimum absolute atomic E-state index is 0.157. The van der Waals surface area contributed by atoms with Crippen molar-refractivity contribution in [2.45, 2.75) is 19.4 Å². The maximum Gasteiger partial charge on any atom is 0.251 e. The van der Waals surface area contributed by atoms with Gasteiger partial charge in [-0.05, 0) is 54.8 Å². The van der Waals surface area contributed by atoms with Crippen LogP contribution in [0.5, 0.6) is 0 Å². The Morgan fingerprint density at radius 2 is 1.57 bits per heavy atom. The molecule has 0 radical (unpaired) electrons. The van der Waals surface area contributed by atoms with Crippen LogP contribution in [-0.4, -0.2) is 42.9 Å². The molecule has 1 aliphatic carbocycles. The van der Waals surface area contributed by atoms with E-state index in [1.807, 2.05) is 29.2 Å². The van der Waals surface area contributed by atoms with Crippen molar-refractivity contribution in [1.29, 1.82) is 0 Å². The fraction of sp³-hybridized carbons (Fsp3) is 0.364. The molecule has 0 atom stereocenters. The van der Waals surface area contributed by atoms with Crippen LogP contribution in [0.3, 0.4) is 0 Å². The number of carbonyl (C=O) groups is 2. The Balaban J connectivity index is 1.29. The van der Waals surface area contributed by atoms with Crippen molar-refractivity contribution in [1.82, 2.24) is 10.2 Å². The zero-order valence-electron chi connectivity index (χ0n) is 15.7. The first-order chi connectivity index (χ1) is 13.6. The summed E-state index contributed by atoms with van der Waals surface area (Å²) in [6.07, 6.45) is 2.09. The van der Waals surface area contributed by atoms with E-state index in [4.69, 9.17) is 0 Å². The molecular formula is C22H24FN3O2. The van der Waals surface area contributed by atoms with Crippen LogP contribution in [0.2, 0.25) is 0 Å². The lowest BCUT2D eigenvalue weighted by Crippen LogP contribution is -2.49. The van der Waals surface area contributed by atoms with Gasteiger partial charge < -0.3 is 15.1 Å². The third-order valence-electron chi connectivity index (χ3n) is 5.38. The number of hydrogen-bond donors (Lipinski definition) is 1. The van der Waals surface area contributed by atoms with E-state index >= 15 is 0 Å². The second-order valence-electron chi connectivity index (χ2n) is 7.44. The SMILES string of the molecule is O=C(NCc1ccc(F)cc1)c1ccc(N2CCN(C(=O)C3CC3)CC2)cc1. The van der Waals surface area contributed by atoms with Crippen molar-refractivity contribution in [3.8, 4) is 0 Å². The molecule has 1 saturated heterocycles. The average Bonchev–Trinajstić information content (AvgIpc) is 3.58. The Morgan fingerprint density at radius 3 is 2.18 bits per heavy atom. The standard InChI is InChI=1S/C22H24FN3O2/c23-19-7-1-16(2-8-19)15-24-21(27)17-5-9-20(10-6-17)25-11-13-26(14-12-25)22(28)18-3-4-18/h1-2,5-10,18H,3-4,11-15H2,(H,24,27). The summed E-state index contributed by atoms with van der Waals surface area (Å²) < 4.78 is 12.9. The molecule has 0 bridgehead atoms. The monoisotopic (exact) mass is 381 g/mol. The van der Waals surface area contributed by atoms with E-state index in [-0.39, 0.29) is 17.6 Å². The highest BCUT2D eigenvalue weighted by atomic mass is 19.1. The number of nitrogens with zero attached hydrogens (tertiary/aromatic N) is 2. The van der Waals surface area contributed by atoms with Gasteiger partial charge >= 0.3 is 0 Å². The van der Waals surface area contributed by atoms with Crippen LogP contribution in [0.4, 0.5) is 10.1 Å². The minimum Gasteiger partial charge on any atom is -0.368 e. The van der Waals surface area contributed by atoms with Crippen LogP contribution in [0.15, 0.2) is 48.5 Å². The van der Waals surface area contributed by atoms with Gasteiger partial charge in [0, 0.05) is 49.9 Å². The Kier molecular flexibility index (Phi) is 5.28. The van der Waals surface area contributed by atoms with Gasteiger partial charge in [0.15, 0.2) is 0 Å². The largest absolute Gasteiger partial charge is 0.368 e. The van der Waals surface area contributed by atoms with Gasteiger partial charge in [-0.1, -0.05) is 12.1 Å². The van der Waals surface area contributed by atoms with Crippen molar-refractivity contribution in [2.24, 2.45) is 5.92 Å². The maximum atomic E-state index is 12.9. The molecule has 0 unspecified atom stereocenters. The molecule has 5 nitrogen and oxygen atoms in total. The highest BCUT2D eigenvalue weighted by Gasteiger charge is 2.34. The summed E-state index contributed by atoms with van der Waals surface area (Å²) in [6, 6.07) is 13.6. The van der Waals surface area contributed by atoms with E-state index in [1.165, 1.54) is 12.1 Å². The molecule has 146 valence electrons. The van der Waals surface area contributed by atoms with Crippen molar-refractivity contribution < 1.29 is 14.0 Å². The van der Waals surface area contributed by atoms with Crippen molar-refractivity contribution in [3.05, 3.63) is 65.5 Å². The van der Waals surface area contributed by atoms with Crippen LogP contribution in [0, 0.1) is 11.7 Å². The quantitative estimate of drug-likeness (QED) is 0.867. The number of carbonyl (C=O) groups excluding carboxylic acids is 2. The third-order valence-corrected chi connectivity index (χ3v) is 5.38. The Labute approximate surface area is 164 Å². The van der Waals surface area contributed by atoms with Crippen LogP contribution in [-0.2, 0) is 11.3 Å². The molecule has 2 aromatic rings. The zero-order chi connectivity index (χ0) is 19.5. The topological polar surface area (TPSA) is 52.7 Å². The van der Waals surface area contributed by atoms with Crippen molar-refractivity contribution >= 4 is 17.5 Å². The van der Waals surface area contributed by atoms with Crippen LogP contribution in [0.25, 0.3) is 0 Å².